The number of Topliss-reactive ketones (excluding diaryl/α,β-unsaturated/α-hetero) is 1. The number of carbonyl (C=O) groups is 1. The van der Waals surface area contributed by atoms with Crippen LogP contribution in [0.4, 0.5) is 0 Å². The van der Waals surface area contributed by atoms with E-state index in [1.54, 1.807) is 0 Å². The molecule has 0 saturated carbocycles. The first-order valence-electron chi connectivity index (χ1n) is 7.37. The molecule has 0 spiro atoms. The summed E-state index contributed by atoms with van der Waals surface area (Å²) in [6.45, 7) is 2.19. The van der Waals surface area contributed by atoms with Crippen LogP contribution in [0, 0.1) is 11.3 Å². The Labute approximate surface area is 130 Å². The topological polar surface area (TPSA) is 40.9 Å². The van der Waals surface area contributed by atoms with Gasteiger partial charge in [0, 0.05) is 10.9 Å². The van der Waals surface area contributed by atoms with E-state index >= 15 is 0 Å². The summed E-state index contributed by atoms with van der Waals surface area (Å²) >= 11 is 3.41. The Bertz CT molecular complexity index is 464. The largest absolute Gasteiger partial charge is 0.298 e. The molecule has 1 aromatic rings. The molecule has 108 valence electrons. The number of hydrogen-bond acceptors (Lipinski definition) is 2. The van der Waals surface area contributed by atoms with Gasteiger partial charge in [-0.15, -0.1) is 0 Å². The Kier molecular flexibility index (Phi) is 8.22. The van der Waals surface area contributed by atoms with Crippen LogP contribution in [0.2, 0.25) is 0 Å². The maximum atomic E-state index is 12.2. The summed E-state index contributed by atoms with van der Waals surface area (Å²) < 4.78 is 0.836. The van der Waals surface area contributed by atoms with E-state index in [0.717, 1.165) is 22.9 Å². The third-order valence-corrected chi connectivity index (χ3v) is 4.17. The number of ketones is 1. The number of rotatable bonds is 9. The first kappa shape index (κ1) is 16.9. The van der Waals surface area contributed by atoms with E-state index in [9.17, 15) is 10.1 Å². The molecule has 0 fully saturated rings. The number of nitriles is 1. The molecule has 0 radical (unpaired) electrons. The summed E-state index contributed by atoms with van der Waals surface area (Å²) in [4.78, 5) is 12.2. The second-order valence-electron chi connectivity index (χ2n) is 5.07. The van der Waals surface area contributed by atoms with Gasteiger partial charge in [0.05, 0.1) is 6.07 Å². The van der Waals surface area contributed by atoms with Crippen molar-refractivity contribution in [3.63, 3.8) is 0 Å². The second-order valence-corrected chi connectivity index (χ2v) is 5.92. The molecular formula is C17H22BrNO. The van der Waals surface area contributed by atoms with Gasteiger partial charge in [0.1, 0.15) is 5.92 Å². The fourth-order valence-corrected chi connectivity index (χ4v) is 2.76. The Morgan fingerprint density at radius 2 is 1.85 bits per heavy atom. The molecule has 0 aliphatic carbocycles. The molecule has 0 aromatic heterocycles. The molecule has 0 aliphatic rings. The predicted octanol–water partition coefficient (Wildman–Crippen LogP) is 5.38. The number of halogens is 1. The highest BCUT2D eigenvalue weighted by Gasteiger charge is 2.21. The van der Waals surface area contributed by atoms with E-state index in [1.165, 1.54) is 25.7 Å². The van der Waals surface area contributed by atoms with Crippen LogP contribution in [0.5, 0.6) is 0 Å². The molecule has 3 heteroatoms. The van der Waals surface area contributed by atoms with Crippen molar-refractivity contribution in [3.05, 3.63) is 34.3 Å². The fraction of sp³-hybridized carbons (Fsp3) is 0.529. The van der Waals surface area contributed by atoms with E-state index in [0.29, 0.717) is 6.42 Å². The highest BCUT2D eigenvalue weighted by molar-refractivity contribution is 9.10. The van der Waals surface area contributed by atoms with Crippen molar-refractivity contribution in [1.29, 1.82) is 5.26 Å². The summed E-state index contributed by atoms with van der Waals surface area (Å²) in [6, 6.07) is 9.61. The minimum absolute atomic E-state index is 0.0369. The van der Waals surface area contributed by atoms with E-state index in [1.807, 2.05) is 24.3 Å². The number of nitrogens with zero attached hydrogens (tertiary/aromatic N) is 1. The smallest absolute Gasteiger partial charge is 0.154 e. The average Bonchev–Trinajstić information content (AvgIpc) is 2.45. The number of hydrogen-bond donors (Lipinski definition) is 0. The van der Waals surface area contributed by atoms with Gasteiger partial charge in [-0.2, -0.15) is 5.26 Å². The summed E-state index contributed by atoms with van der Waals surface area (Å²) in [5, 5.41) is 9.26. The Balaban J connectivity index is 2.45. The quantitative estimate of drug-likeness (QED) is 0.568. The van der Waals surface area contributed by atoms with Crippen molar-refractivity contribution >= 4 is 21.7 Å². The lowest BCUT2D eigenvalue weighted by molar-refractivity contribution is -0.119. The van der Waals surface area contributed by atoms with Crippen LogP contribution in [0.3, 0.4) is 0 Å². The first-order chi connectivity index (χ1) is 9.70. The summed E-state index contributed by atoms with van der Waals surface area (Å²) in [7, 11) is 0. The fourth-order valence-electron chi connectivity index (χ4n) is 2.25. The lowest BCUT2D eigenvalue weighted by Crippen LogP contribution is -2.11. The molecule has 0 aliphatic heterocycles. The van der Waals surface area contributed by atoms with Gasteiger partial charge in [0.2, 0.25) is 0 Å². The predicted molar refractivity (Wildman–Crippen MR) is 85.5 cm³/mol. The first-order valence-corrected chi connectivity index (χ1v) is 8.16. The van der Waals surface area contributed by atoms with E-state index in [-0.39, 0.29) is 5.78 Å². The molecule has 0 bridgehead atoms. The average molecular weight is 336 g/mol. The van der Waals surface area contributed by atoms with Crippen LogP contribution in [-0.4, -0.2) is 5.78 Å². The van der Waals surface area contributed by atoms with Gasteiger partial charge in [-0.05, 0) is 18.1 Å². The van der Waals surface area contributed by atoms with Crippen LogP contribution >= 0.6 is 15.9 Å². The molecule has 1 aromatic carbocycles. The maximum absolute atomic E-state index is 12.2. The van der Waals surface area contributed by atoms with Gasteiger partial charge in [-0.3, -0.25) is 4.79 Å². The molecule has 0 N–H and O–H groups in total. The van der Waals surface area contributed by atoms with Crippen molar-refractivity contribution in [3.8, 4) is 6.07 Å². The molecule has 1 unspecified atom stereocenters. The summed E-state index contributed by atoms with van der Waals surface area (Å²) in [5.41, 5.74) is 0.783. The van der Waals surface area contributed by atoms with Crippen molar-refractivity contribution in [2.75, 3.05) is 0 Å². The molecular weight excluding hydrogens is 314 g/mol. The van der Waals surface area contributed by atoms with Crippen LogP contribution in [0.15, 0.2) is 28.7 Å². The van der Waals surface area contributed by atoms with Crippen LogP contribution < -0.4 is 0 Å². The zero-order chi connectivity index (χ0) is 14.8. The van der Waals surface area contributed by atoms with Crippen molar-refractivity contribution < 1.29 is 4.79 Å². The maximum Gasteiger partial charge on any atom is 0.154 e. The highest BCUT2D eigenvalue weighted by atomic mass is 79.9. The number of unbranched alkanes of at least 4 members (excludes halogenated alkanes) is 5. The van der Waals surface area contributed by atoms with Crippen LogP contribution in [0.1, 0.15) is 63.4 Å². The highest BCUT2D eigenvalue weighted by Crippen LogP contribution is 2.26. The van der Waals surface area contributed by atoms with Gasteiger partial charge in [-0.1, -0.05) is 73.2 Å². The monoisotopic (exact) mass is 335 g/mol. The van der Waals surface area contributed by atoms with Crippen molar-refractivity contribution in [1.82, 2.24) is 0 Å². The zero-order valence-corrected chi connectivity index (χ0v) is 13.7. The second kappa shape index (κ2) is 9.72. The number of carbonyl (C=O) groups excluding carboxylic acids is 1. The third-order valence-electron chi connectivity index (χ3n) is 3.44. The van der Waals surface area contributed by atoms with Gasteiger partial charge in [0.15, 0.2) is 5.78 Å². The lowest BCUT2D eigenvalue weighted by atomic mass is 9.93. The summed E-state index contributed by atoms with van der Waals surface area (Å²) in [6.07, 6.45) is 7.42. The van der Waals surface area contributed by atoms with Gasteiger partial charge in [-0.25, -0.2) is 0 Å². The minimum atomic E-state index is -0.638. The molecule has 1 rings (SSSR count). The lowest BCUT2D eigenvalue weighted by Gasteiger charge is -2.10. The number of benzene rings is 1. The van der Waals surface area contributed by atoms with Gasteiger partial charge < -0.3 is 0 Å². The third kappa shape index (κ3) is 5.46. The molecule has 20 heavy (non-hydrogen) atoms. The Morgan fingerprint density at radius 3 is 2.50 bits per heavy atom. The molecule has 2 nitrogen and oxygen atoms in total. The van der Waals surface area contributed by atoms with Gasteiger partial charge >= 0.3 is 0 Å². The zero-order valence-electron chi connectivity index (χ0n) is 12.1. The van der Waals surface area contributed by atoms with E-state index in [2.05, 4.69) is 28.9 Å². The molecule has 0 saturated heterocycles. The summed E-state index contributed by atoms with van der Waals surface area (Å²) in [5.74, 6) is -0.601. The van der Waals surface area contributed by atoms with Gasteiger partial charge in [0.25, 0.3) is 0 Å². The van der Waals surface area contributed by atoms with E-state index in [4.69, 9.17) is 0 Å². The van der Waals surface area contributed by atoms with Crippen molar-refractivity contribution in [2.45, 2.75) is 57.8 Å². The normalized spacial score (nSPS) is 11.8. The van der Waals surface area contributed by atoms with E-state index < -0.39 is 5.92 Å². The molecule has 1 atom stereocenters. The van der Waals surface area contributed by atoms with Crippen LogP contribution in [-0.2, 0) is 4.79 Å². The minimum Gasteiger partial charge on any atom is -0.298 e. The molecule has 0 heterocycles. The SMILES string of the molecule is CCCCCCCCC(=O)C(C#N)c1ccccc1Br. The standard InChI is InChI=1S/C17H22BrNO/c1-2-3-4-5-6-7-12-17(20)15(13-19)14-10-8-9-11-16(14)18/h8-11,15H,2-7,12H2,1H3. The van der Waals surface area contributed by atoms with Crippen molar-refractivity contribution in [2.24, 2.45) is 0 Å². The molecule has 0 amide bonds. The Hall–Kier alpha value is -1.14. The van der Waals surface area contributed by atoms with Crippen LogP contribution in [0.25, 0.3) is 0 Å². The Morgan fingerprint density at radius 1 is 1.20 bits per heavy atom.